The van der Waals surface area contributed by atoms with E-state index in [9.17, 15) is 9.59 Å². The van der Waals surface area contributed by atoms with E-state index in [0.29, 0.717) is 19.4 Å². The lowest BCUT2D eigenvalue weighted by Crippen LogP contribution is -2.29. The number of carbonyl (C=O) groups excluding carboxylic acids is 2. The Morgan fingerprint density at radius 2 is 0.918 bits per heavy atom. The Hall–Kier alpha value is -1.49. The number of carbonyl (C=O) groups is 2. The molecule has 7 heteroatoms. The van der Waals surface area contributed by atoms with Crippen LogP contribution in [0.25, 0.3) is 0 Å². The molecule has 0 saturated carbocycles. The topological polar surface area (TPSA) is 71.1 Å². The van der Waals surface area contributed by atoms with Gasteiger partial charge in [-0.2, -0.15) is 0 Å². The largest absolute Gasteiger partial charge is 0.462 e. The molecule has 0 aliphatic heterocycles. The van der Waals surface area contributed by atoms with E-state index in [2.05, 4.69) is 13.8 Å². The molecule has 1 rings (SSSR count). The van der Waals surface area contributed by atoms with Crippen molar-refractivity contribution in [2.75, 3.05) is 13.2 Å². The standard InChI is InChI=1S/C42H75O6P/c1-3-5-7-9-11-13-15-17-19-21-23-25-30-34-41(43)45-37-40(38-47-49-46-36-39-32-28-27-29-33-39)48-42(44)35-31-26-24-22-20-18-16-14-12-10-8-6-4-2/h27-29,32-33,40,49H,3-26,30-31,34-38H2,1-2H3/t40-/m1/s1. The second-order valence-electron chi connectivity index (χ2n) is 13.9. The second kappa shape index (κ2) is 36.3. The zero-order valence-corrected chi connectivity index (χ0v) is 32.8. The van der Waals surface area contributed by atoms with Gasteiger partial charge in [-0.05, 0) is 18.4 Å². The lowest BCUT2D eigenvalue weighted by atomic mass is 10.0. The molecule has 0 aliphatic rings. The molecule has 0 radical (unpaired) electrons. The molecule has 0 N–H and O–H groups in total. The summed E-state index contributed by atoms with van der Waals surface area (Å²) >= 11 is 0. The molecule has 284 valence electrons. The van der Waals surface area contributed by atoms with Gasteiger partial charge in [0.05, 0.1) is 13.2 Å². The number of esters is 2. The Labute approximate surface area is 303 Å². The lowest BCUT2D eigenvalue weighted by Gasteiger charge is -2.18. The zero-order chi connectivity index (χ0) is 35.3. The molecule has 0 heterocycles. The highest BCUT2D eigenvalue weighted by Crippen LogP contribution is 2.19. The van der Waals surface area contributed by atoms with Crippen LogP contribution in [0.15, 0.2) is 30.3 Å². The van der Waals surface area contributed by atoms with Gasteiger partial charge in [0, 0.05) is 12.8 Å². The summed E-state index contributed by atoms with van der Waals surface area (Å²) in [4.78, 5) is 25.1. The number of hydrogen-bond acceptors (Lipinski definition) is 6. The van der Waals surface area contributed by atoms with Crippen LogP contribution in [0, 0.1) is 0 Å². The summed E-state index contributed by atoms with van der Waals surface area (Å²) < 4.78 is 22.6. The van der Waals surface area contributed by atoms with Gasteiger partial charge in [-0.25, -0.2) is 0 Å². The van der Waals surface area contributed by atoms with Gasteiger partial charge in [-0.1, -0.05) is 198 Å². The minimum Gasteiger partial charge on any atom is -0.462 e. The molecular formula is C42H75O6P. The van der Waals surface area contributed by atoms with Gasteiger partial charge in [0.15, 0.2) is 15.1 Å². The van der Waals surface area contributed by atoms with E-state index in [4.69, 9.17) is 18.5 Å². The maximum absolute atomic E-state index is 12.6. The summed E-state index contributed by atoms with van der Waals surface area (Å²) in [5.41, 5.74) is 1.07. The summed E-state index contributed by atoms with van der Waals surface area (Å²) in [5.74, 6) is -0.485. The lowest BCUT2D eigenvalue weighted by molar-refractivity contribution is -0.161. The summed E-state index contributed by atoms with van der Waals surface area (Å²) in [6.45, 7) is 5.15. The van der Waals surface area contributed by atoms with Crippen molar-refractivity contribution in [1.29, 1.82) is 0 Å². The molecule has 0 saturated heterocycles. The molecule has 0 aromatic heterocycles. The number of hydrogen-bond donors (Lipinski definition) is 0. The quantitative estimate of drug-likeness (QED) is 0.0390. The van der Waals surface area contributed by atoms with Crippen molar-refractivity contribution in [2.24, 2.45) is 0 Å². The minimum absolute atomic E-state index is 0.0186. The van der Waals surface area contributed by atoms with Gasteiger partial charge in [0.1, 0.15) is 6.61 Å². The van der Waals surface area contributed by atoms with Crippen LogP contribution in [0.5, 0.6) is 0 Å². The average Bonchev–Trinajstić information content (AvgIpc) is 3.11. The van der Waals surface area contributed by atoms with Crippen LogP contribution in [0.2, 0.25) is 0 Å². The Kier molecular flexibility index (Phi) is 33.7. The predicted octanol–water partition coefficient (Wildman–Crippen LogP) is 13.1. The smallest absolute Gasteiger partial charge is 0.306 e. The highest BCUT2D eigenvalue weighted by molar-refractivity contribution is 7.26. The first-order chi connectivity index (χ1) is 24.2. The van der Waals surface area contributed by atoms with Crippen LogP contribution in [-0.2, 0) is 34.7 Å². The van der Waals surface area contributed by atoms with Crippen LogP contribution < -0.4 is 0 Å². The van der Waals surface area contributed by atoms with Crippen LogP contribution in [-0.4, -0.2) is 31.3 Å². The summed E-state index contributed by atoms with van der Waals surface area (Å²) in [7, 11) is -0.188. The van der Waals surface area contributed by atoms with Gasteiger partial charge < -0.3 is 18.5 Å². The summed E-state index contributed by atoms with van der Waals surface area (Å²) in [6, 6.07) is 9.92. The second-order valence-corrected chi connectivity index (χ2v) is 14.7. The Balaban J connectivity index is 2.19. The molecule has 1 aromatic rings. The molecule has 1 unspecified atom stereocenters. The molecule has 0 bridgehead atoms. The number of benzene rings is 1. The molecule has 0 fully saturated rings. The van der Waals surface area contributed by atoms with Crippen molar-refractivity contribution in [3.8, 4) is 0 Å². The molecule has 0 spiro atoms. The summed E-state index contributed by atoms with van der Waals surface area (Å²) in [6.07, 6.45) is 33.1. The Morgan fingerprint density at radius 3 is 1.37 bits per heavy atom. The number of ether oxygens (including phenoxy) is 2. The Morgan fingerprint density at radius 1 is 0.510 bits per heavy atom. The van der Waals surface area contributed by atoms with Crippen LogP contribution in [0.1, 0.15) is 199 Å². The van der Waals surface area contributed by atoms with E-state index < -0.39 is 6.10 Å². The fourth-order valence-electron chi connectivity index (χ4n) is 6.05. The molecular weight excluding hydrogens is 631 g/mol. The third-order valence-corrected chi connectivity index (χ3v) is 9.71. The first-order valence-corrected chi connectivity index (χ1v) is 21.3. The average molecular weight is 707 g/mol. The number of rotatable bonds is 37. The van der Waals surface area contributed by atoms with E-state index in [-0.39, 0.29) is 34.2 Å². The van der Waals surface area contributed by atoms with Gasteiger partial charge >= 0.3 is 11.9 Å². The van der Waals surface area contributed by atoms with Gasteiger partial charge in [0.2, 0.25) is 0 Å². The van der Waals surface area contributed by atoms with Crippen LogP contribution >= 0.6 is 9.03 Å². The van der Waals surface area contributed by atoms with Gasteiger partial charge in [-0.15, -0.1) is 0 Å². The fourth-order valence-corrected chi connectivity index (χ4v) is 6.61. The maximum atomic E-state index is 12.6. The van der Waals surface area contributed by atoms with E-state index in [1.165, 1.54) is 135 Å². The molecule has 49 heavy (non-hydrogen) atoms. The molecule has 6 nitrogen and oxygen atoms in total. The van der Waals surface area contributed by atoms with Crippen molar-refractivity contribution in [1.82, 2.24) is 0 Å². The molecule has 2 atom stereocenters. The van der Waals surface area contributed by atoms with Crippen molar-refractivity contribution in [3.05, 3.63) is 35.9 Å². The number of unbranched alkanes of at least 4 members (excludes halogenated alkanes) is 24. The first-order valence-electron chi connectivity index (χ1n) is 20.5. The normalized spacial score (nSPS) is 12.1. The highest BCUT2D eigenvalue weighted by Gasteiger charge is 2.18. The van der Waals surface area contributed by atoms with Gasteiger partial charge in [0.25, 0.3) is 0 Å². The maximum Gasteiger partial charge on any atom is 0.306 e. The third-order valence-electron chi connectivity index (χ3n) is 9.17. The zero-order valence-electron chi connectivity index (χ0n) is 31.8. The minimum atomic E-state index is -0.627. The van der Waals surface area contributed by atoms with Crippen LogP contribution in [0.3, 0.4) is 0 Å². The molecule has 1 aromatic carbocycles. The Bertz CT molecular complexity index is 851. The van der Waals surface area contributed by atoms with E-state index in [1.807, 2.05) is 30.3 Å². The third kappa shape index (κ3) is 32.2. The fraction of sp³-hybridized carbons (Fsp3) is 0.810. The van der Waals surface area contributed by atoms with Gasteiger partial charge in [-0.3, -0.25) is 9.59 Å². The first kappa shape index (κ1) is 45.5. The van der Waals surface area contributed by atoms with Crippen LogP contribution in [0.4, 0.5) is 0 Å². The van der Waals surface area contributed by atoms with Crippen molar-refractivity contribution < 1.29 is 28.1 Å². The molecule has 0 aliphatic carbocycles. The monoisotopic (exact) mass is 707 g/mol. The molecule has 0 amide bonds. The van der Waals surface area contributed by atoms with Crippen molar-refractivity contribution in [3.63, 3.8) is 0 Å². The summed E-state index contributed by atoms with van der Waals surface area (Å²) in [5, 5.41) is 0. The highest BCUT2D eigenvalue weighted by atomic mass is 31.1. The van der Waals surface area contributed by atoms with E-state index in [1.54, 1.807) is 0 Å². The van der Waals surface area contributed by atoms with Crippen molar-refractivity contribution in [2.45, 2.75) is 206 Å². The van der Waals surface area contributed by atoms with E-state index in [0.717, 1.165) is 37.7 Å². The van der Waals surface area contributed by atoms with E-state index >= 15 is 0 Å². The predicted molar refractivity (Wildman–Crippen MR) is 207 cm³/mol. The van der Waals surface area contributed by atoms with Crippen molar-refractivity contribution >= 4 is 21.0 Å². The SMILES string of the molecule is CCCCCCCCCCCCCCCC(=O)OC[C@H](COPOCc1ccccc1)OC(=O)CCCCCCCCCCCCCCC.